The highest BCUT2D eigenvalue weighted by Crippen LogP contribution is 2.33. The zero-order valence-electron chi connectivity index (χ0n) is 18.4. The maximum absolute atomic E-state index is 6.51. The smallest absolute Gasteiger partial charge is 0.114 e. The van der Waals surface area contributed by atoms with Crippen molar-refractivity contribution in [3.63, 3.8) is 0 Å². The molecule has 0 radical (unpaired) electrons. The van der Waals surface area contributed by atoms with E-state index in [1.807, 2.05) is 25.1 Å². The monoisotopic (exact) mass is 410 g/mol. The summed E-state index contributed by atoms with van der Waals surface area (Å²) in [5, 5.41) is 4.62. The van der Waals surface area contributed by atoms with Gasteiger partial charge in [-0.15, -0.1) is 6.58 Å². The SMILES string of the molecule is C=C1C=C(C)C=C(C)N1/C(NC1CCCCC1)=C(\C)c1ccccc1Cl.C=CC. The number of nitrogens with zero attached hydrogens (tertiary/aromatic N) is 1. The van der Waals surface area contributed by atoms with Gasteiger partial charge < -0.3 is 10.2 Å². The van der Waals surface area contributed by atoms with E-state index in [0.29, 0.717) is 6.04 Å². The third-order valence-corrected chi connectivity index (χ3v) is 5.60. The van der Waals surface area contributed by atoms with Crippen LogP contribution in [0.2, 0.25) is 5.02 Å². The first kappa shape index (κ1) is 23.1. The first-order valence-corrected chi connectivity index (χ1v) is 10.9. The first-order valence-electron chi connectivity index (χ1n) is 10.5. The van der Waals surface area contributed by atoms with Crippen LogP contribution in [0.3, 0.4) is 0 Å². The molecule has 1 saturated carbocycles. The van der Waals surface area contributed by atoms with Gasteiger partial charge in [-0.3, -0.25) is 0 Å². The van der Waals surface area contributed by atoms with E-state index in [0.717, 1.165) is 27.7 Å². The summed E-state index contributed by atoms with van der Waals surface area (Å²) in [6.45, 7) is 16.0. The standard InChI is InChI=1S/C23H29ClN2.C3H6/c1-16-14-17(2)26(18(3)15-16)23(25-20-10-6-5-7-11-20)19(4)21-12-8-9-13-22(21)24;1-3-2/h8-9,12-15,20,25H,2,5-7,10-11H2,1,3-4H3;3H,1H2,2H3/b23-19+;. The largest absolute Gasteiger partial charge is 0.368 e. The quantitative estimate of drug-likeness (QED) is 0.509. The summed E-state index contributed by atoms with van der Waals surface area (Å²) in [5.41, 5.74) is 5.63. The van der Waals surface area contributed by atoms with Crippen molar-refractivity contribution in [2.75, 3.05) is 0 Å². The third-order valence-electron chi connectivity index (χ3n) is 5.27. The Morgan fingerprint density at radius 1 is 1.14 bits per heavy atom. The van der Waals surface area contributed by atoms with Gasteiger partial charge in [-0.25, -0.2) is 0 Å². The molecule has 1 N–H and O–H groups in total. The molecule has 3 heteroatoms. The number of rotatable bonds is 4. The lowest BCUT2D eigenvalue weighted by Gasteiger charge is -2.36. The van der Waals surface area contributed by atoms with Crippen molar-refractivity contribution in [2.24, 2.45) is 0 Å². The number of allylic oxidation sites excluding steroid dienone is 6. The summed E-state index contributed by atoms with van der Waals surface area (Å²) < 4.78 is 0. The molecular weight excluding hydrogens is 376 g/mol. The van der Waals surface area contributed by atoms with Gasteiger partial charge in [-0.2, -0.15) is 0 Å². The number of benzene rings is 1. The van der Waals surface area contributed by atoms with Crippen LogP contribution in [-0.4, -0.2) is 10.9 Å². The van der Waals surface area contributed by atoms with Crippen LogP contribution in [-0.2, 0) is 0 Å². The second kappa shape index (κ2) is 11.1. The fraction of sp³-hybridized carbons (Fsp3) is 0.385. The Kier molecular flexibility index (Phi) is 8.85. The fourth-order valence-corrected chi connectivity index (χ4v) is 4.26. The lowest BCUT2D eigenvalue weighted by molar-refractivity contribution is 0.361. The van der Waals surface area contributed by atoms with Gasteiger partial charge in [0.1, 0.15) is 5.82 Å². The van der Waals surface area contributed by atoms with Gasteiger partial charge in [0.2, 0.25) is 0 Å². The van der Waals surface area contributed by atoms with Crippen molar-refractivity contribution in [1.82, 2.24) is 10.2 Å². The van der Waals surface area contributed by atoms with Crippen molar-refractivity contribution < 1.29 is 0 Å². The molecule has 1 aromatic carbocycles. The zero-order valence-corrected chi connectivity index (χ0v) is 19.1. The van der Waals surface area contributed by atoms with E-state index in [-0.39, 0.29) is 0 Å². The highest BCUT2D eigenvalue weighted by atomic mass is 35.5. The summed E-state index contributed by atoms with van der Waals surface area (Å²) in [6.07, 6.45) is 12.5. The first-order chi connectivity index (χ1) is 13.9. The van der Waals surface area contributed by atoms with Crippen LogP contribution in [0.5, 0.6) is 0 Å². The molecule has 29 heavy (non-hydrogen) atoms. The molecule has 0 atom stereocenters. The molecule has 0 aromatic heterocycles. The van der Waals surface area contributed by atoms with E-state index in [1.54, 1.807) is 6.08 Å². The van der Waals surface area contributed by atoms with Gasteiger partial charge in [-0.05, 0) is 75.5 Å². The summed E-state index contributed by atoms with van der Waals surface area (Å²) in [6, 6.07) is 8.57. The van der Waals surface area contributed by atoms with Crippen molar-refractivity contribution in [3.8, 4) is 0 Å². The van der Waals surface area contributed by atoms with Gasteiger partial charge in [0.25, 0.3) is 0 Å². The van der Waals surface area contributed by atoms with Gasteiger partial charge in [0, 0.05) is 22.5 Å². The Morgan fingerprint density at radius 2 is 1.76 bits per heavy atom. The van der Waals surface area contributed by atoms with Crippen LogP contribution in [0.4, 0.5) is 0 Å². The van der Waals surface area contributed by atoms with Crippen LogP contribution in [0, 0.1) is 0 Å². The summed E-state index contributed by atoms with van der Waals surface area (Å²) in [4.78, 5) is 2.24. The molecule has 1 aromatic rings. The fourth-order valence-electron chi connectivity index (χ4n) is 3.98. The summed E-state index contributed by atoms with van der Waals surface area (Å²) >= 11 is 6.51. The van der Waals surface area contributed by atoms with Gasteiger partial charge in [0.15, 0.2) is 0 Å². The zero-order chi connectivity index (χ0) is 21.4. The lowest BCUT2D eigenvalue weighted by atomic mass is 9.95. The topological polar surface area (TPSA) is 15.3 Å². The Morgan fingerprint density at radius 3 is 2.34 bits per heavy atom. The predicted octanol–water partition coefficient (Wildman–Crippen LogP) is 7.82. The predicted molar refractivity (Wildman–Crippen MR) is 128 cm³/mol. The van der Waals surface area contributed by atoms with Crippen LogP contribution < -0.4 is 5.32 Å². The van der Waals surface area contributed by atoms with Gasteiger partial charge >= 0.3 is 0 Å². The van der Waals surface area contributed by atoms with E-state index in [4.69, 9.17) is 11.6 Å². The normalized spacial score (nSPS) is 18.1. The minimum absolute atomic E-state index is 0.504. The number of hydrogen-bond donors (Lipinski definition) is 1. The van der Waals surface area contributed by atoms with Gasteiger partial charge in [-0.1, -0.05) is 61.7 Å². The van der Waals surface area contributed by atoms with Crippen molar-refractivity contribution in [3.05, 3.63) is 89.0 Å². The lowest BCUT2D eigenvalue weighted by Crippen LogP contribution is -2.38. The Balaban J connectivity index is 0.000000941. The Hall–Kier alpha value is -2.19. The van der Waals surface area contributed by atoms with Crippen molar-refractivity contribution >= 4 is 17.2 Å². The molecule has 3 rings (SSSR count). The van der Waals surface area contributed by atoms with E-state index >= 15 is 0 Å². The van der Waals surface area contributed by atoms with E-state index < -0.39 is 0 Å². The highest BCUT2D eigenvalue weighted by molar-refractivity contribution is 6.32. The molecule has 2 nitrogen and oxygen atoms in total. The highest BCUT2D eigenvalue weighted by Gasteiger charge is 2.24. The molecule has 2 aliphatic rings. The molecule has 0 unspecified atom stereocenters. The number of hydrogen-bond acceptors (Lipinski definition) is 2. The molecular formula is C26H35ClN2. The second-order valence-electron chi connectivity index (χ2n) is 7.84. The minimum atomic E-state index is 0.504. The average Bonchev–Trinajstić information content (AvgIpc) is 2.68. The number of nitrogens with one attached hydrogen (secondary N) is 1. The molecule has 0 spiro atoms. The van der Waals surface area contributed by atoms with Crippen LogP contribution in [0.1, 0.15) is 65.4 Å². The molecule has 0 bridgehead atoms. The van der Waals surface area contributed by atoms with Crippen LogP contribution >= 0.6 is 11.6 Å². The summed E-state index contributed by atoms with van der Waals surface area (Å²) in [5.74, 6) is 1.10. The number of halogens is 1. The maximum atomic E-state index is 6.51. The second-order valence-corrected chi connectivity index (χ2v) is 8.25. The van der Waals surface area contributed by atoms with Crippen molar-refractivity contribution in [2.45, 2.75) is 65.8 Å². The third kappa shape index (κ3) is 6.14. The molecule has 1 heterocycles. The van der Waals surface area contributed by atoms with Crippen LogP contribution in [0.15, 0.2) is 78.4 Å². The van der Waals surface area contributed by atoms with Crippen molar-refractivity contribution in [1.29, 1.82) is 0 Å². The minimum Gasteiger partial charge on any atom is -0.368 e. The maximum Gasteiger partial charge on any atom is 0.114 e. The van der Waals surface area contributed by atoms with E-state index in [2.05, 4.69) is 62.4 Å². The Bertz CT molecular complexity index is 823. The van der Waals surface area contributed by atoms with E-state index in [1.165, 1.54) is 43.4 Å². The molecule has 1 aliphatic carbocycles. The van der Waals surface area contributed by atoms with Crippen LogP contribution in [0.25, 0.3) is 5.57 Å². The molecule has 1 aliphatic heterocycles. The van der Waals surface area contributed by atoms with E-state index in [9.17, 15) is 0 Å². The van der Waals surface area contributed by atoms with Gasteiger partial charge in [0.05, 0.1) is 0 Å². The molecule has 156 valence electrons. The average molecular weight is 411 g/mol. The summed E-state index contributed by atoms with van der Waals surface area (Å²) in [7, 11) is 0. The Labute approximate surface area is 182 Å². The molecule has 0 amide bonds. The molecule has 1 fully saturated rings. The molecule has 0 saturated heterocycles.